The van der Waals surface area contributed by atoms with Gasteiger partial charge in [-0.05, 0) is 18.9 Å². The van der Waals surface area contributed by atoms with Gasteiger partial charge in [-0.3, -0.25) is 9.48 Å². The number of nitrogens with one attached hydrogen (secondary N) is 1. The molecule has 1 N–H and O–H groups in total. The third kappa shape index (κ3) is 3.54. The van der Waals surface area contributed by atoms with E-state index in [1.54, 1.807) is 24.1 Å². The van der Waals surface area contributed by atoms with E-state index in [-0.39, 0.29) is 12.0 Å². The number of amides is 1. The van der Waals surface area contributed by atoms with Crippen LogP contribution in [0.2, 0.25) is 0 Å². The Morgan fingerprint density at radius 1 is 1.72 bits per heavy atom. The average molecular weight is 253 g/mol. The van der Waals surface area contributed by atoms with Crippen molar-refractivity contribution in [2.75, 3.05) is 26.9 Å². The highest BCUT2D eigenvalue weighted by molar-refractivity contribution is 5.92. The fourth-order valence-electron chi connectivity index (χ4n) is 1.89. The number of methoxy groups -OCH3 is 1. The van der Waals surface area contributed by atoms with Crippen LogP contribution in [0.5, 0.6) is 0 Å². The maximum absolute atomic E-state index is 11.8. The zero-order valence-electron chi connectivity index (χ0n) is 10.6. The van der Waals surface area contributed by atoms with Gasteiger partial charge in [0, 0.05) is 26.5 Å². The molecule has 1 saturated heterocycles. The van der Waals surface area contributed by atoms with Crippen LogP contribution in [0.1, 0.15) is 23.3 Å². The highest BCUT2D eigenvalue weighted by Crippen LogP contribution is 2.10. The smallest absolute Gasteiger partial charge is 0.271 e. The largest absolute Gasteiger partial charge is 0.383 e. The first kappa shape index (κ1) is 13.0. The molecule has 0 aromatic carbocycles. The van der Waals surface area contributed by atoms with Crippen LogP contribution in [0.4, 0.5) is 0 Å². The van der Waals surface area contributed by atoms with E-state index in [0.717, 1.165) is 19.4 Å². The quantitative estimate of drug-likeness (QED) is 0.799. The number of nitrogens with zero attached hydrogens (tertiary/aromatic N) is 2. The van der Waals surface area contributed by atoms with Crippen molar-refractivity contribution in [1.29, 1.82) is 0 Å². The molecule has 1 fully saturated rings. The van der Waals surface area contributed by atoms with Crippen molar-refractivity contribution in [3.63, 3.8) is 0 Å². The number of carbonyl (C=O) groups excluding carboxylic acids is 1. The molecule has 6 heteroatoms. The highest BCUT2D eigenvalue weighted by atomic mass is 16.5. The minimum atomic E-state index is -0.151. The molecular formula is C12H19N3O3. The first-order chi connectivity index (χ1) is 8.79. The van der Waals surface area contributed by atoms with Crippen molar-refractivity contribution < 1.29 is 14.3 Å². The average Bonchev–Trinajstić information content (AvgIpc) is 3.04. The molecule has 18 heavy (non-hydrogen) atoms. The molecule has 1 aliphatic rings. The molecule has 1 aliphatic heterocycles. The number of carbonyl (C=O) groups is 1. The van der Waals surface area contributed by atoms with Gasteiger partial charge in [0.15, 0.2) is 0 Å². The summed E-state index contributed by atoms with van der Waals surface area (Å²) in [6.07, 6.45) is 4.03. The number of rotatable bonds is 6. The summed E-state index contributed by atoms with van der Waals surface area (Å²) in [6, 6.07) is 1.71. The van der Waals surface area contributed by atoms with Gasteiger partial charge in [0.25, 0.3) is 5.91 Å². The summed E-state index contributed by atoms with van der Waals surface area (Å²) in [5.74, 6) is -0.151. The predicted molar refractivity (Wildman–Crippen MR) is 65.4 cm³/mol. The highest BCUT2D eigenvalue weighted by Gasteiger charge is 2.17. The Morgan fingerprint density at radius 3 is 3.33 bits per heavy atom. The minimum absolute atomic E-state index is 0.151. The molecule has 100 valence electrons. The first-order valence-corrected chi connectivity index (χ1v) is 6.22. The van der Waals surface area contributed by atoms with Crippen LogP contribution in [0.3, 0.4) is 0 Å². The number of aromatic nitrogens is 2. The topological polar surface area (TPSA) is 65.4 Å². The van der Waals surface area contributed by atoms with Gasteiger partial charge in [-0.25, -0.2) is 0 Å². The Kier molecular flexibility index (Phi) is 4.72. The summed E-state index contributed by atoms with van der Waals surface area (Å²) in [5, 5.41) is 7.02. The standard InChI is InChI=1S/C12H19N3O3/c1-17-8-6-15-5-4-11(14-15)12(16)13-9-10-3-2-7-18-10/h4-5,10H,2-3,6-9H2,1H3,(H,13,16). The lowest BCUT2D eigenvalue weighted by Gasteiger charge is -2.09. The lowest BCUT2D eigenvalue weighted by atomic mass is 10.2. The Morgan fingerprint density at radius 2 is 2.61 bits per heavy atom. The second-order valence-corrected chi connectivity index (χ2v) is 4.30. The van der Waals surface area contributed by atoms with Crippen LogP contribution in [-0.2, 0) is 16.0 Å². The van der Waals surface area contributed by atoms with Crippen LogP contribution < -0.4 is 5.32 Å². The molecule has 1 unspecified atom stereocenters. The van der Waals surface area contributed by atoms with Crippen molar-refractivity contribution in [1.82, 2.24) is 15.1 Å². The summed E-state index contributed by atoms with van der Waals surface area (Å²) < 4.78 is 12.1. The molecule has 1 amide bonds. The van der Waals surface area contributed by atoms with Crippen molar-refractivity contribution in [2.24, 2.45) is 0 Å². The summed E-state index contributed by atoms with van der Waals surface area (Å²) in [7, 11) is 1.64. The second kappa shape index (κ2) is 6.51. The van der Waals surface area contributed by atoms with E-state index < -0.39 is 0 Å². The maximum atomic E-state index is 11.8. The molecule has 0 spiro atoms. The number of ether oxygens (including phenoxy) is 2. The van der Waals surface area contributed by atoms with E-state index in [2.05, 4.69) is 10.4 Å². The lowest BCUT2D eigenvalue weighted by molar-refractivity contribution is 0.0852. The minimum Gasteiger partial charge on any atom is -0.383 e. The van der Waals surface area contributed by atoms with E-state index in [1.165, 1.54) is 0 Å². The molecule has 0 radical (unpaired) electrons. The van der Waals surface area contributed by atoms with Gasteiger partial charge in [-0.2, -0.15) is 5.10 Å². The summed E-state index contributed by atoms with van der Waals surface area (Å²) in [5.41, 5.74) is 0.434. The summed E-state index contributed by atoms with van der Waals surface area (Å²) in [4.78, 5) is 11.8. The zero-order valence-corrected chi connectivity index (χ0v) is 10.6. The number of hydrogen-bond donors (Lipinski definition) is 1. The lowest BCUT2D eigenvalue weighted by Crippen LogP contribution is -2.32. The Labute approximate surface area is 106 Å². The van der Waals surface area contributed by atoms with Crippen molar-refractivity contribution in [2.45, 2.75) is 25.5 Å². The third-order valence-electron chi connectivity index (χ3n) is 2.91. The van der Waals surface area contributed by atoms with E-state index in [9.17, 15) is 4.79 Å². The van der Waals surface area contributed by atoms with Crippen LogP contribution in [0, 0.1) is 0 Å². The molecule has 0 aliphatic carbocycles. The Hall–Kier alpha value is -1.40. The van der Waals surface area contributed by atoms with Crippen molar-refractivity contribution in [3.8, 4) is 0 Å². The fraction of sp³-hybridized carbons (Fsp3) is 0.667. The molecule has 0 saturated carbocycles. The number of hydrogen-bond acceptors (Lipinski definition) is 4. The van der Waals surface area contributed by atoms with Gasteiger partial charge in [-0.15, -0.1) is 0 Å². The van der Waals surface area contributed by atoms with Crippen LogP contribution in [0.15, 0.2) is 12.3 Å². The van der Waals surface area contributed by atoms with E-state index in [0.29, 0.717) is 25.4 Å². The van der Waals surface area contributed by atoms with Crippen molar-refractivity contribution >= 4 is 5.91 Å². The van der Waals surface area contributed by atoms with Crippen LogP contribution in [-0.4, -0.2) is 48.7 Å². The summed E-state index contributed by atoms with van der Waals surface area (Å²) in [6.45, 7) is 2.59. The van der Waals surface area contributed by atoms with Crippen LogP contribution in [0.25, 0.3) is 0 Å². The maximum Gasteiger partial charge on any atom is 0.271 e. The Bertz CT molecular complexity index is 386. The molecule has 0 bridgehead atoms. The zero-order chi connectivity index (χ0) is 12.8. The first-order valence-electron chi connectivity index (χ1n) is 6.22. The molecule has 6 nitrogen and oxygen atoms in total. The molecule has 2 rings (SSSR count). The van der Waals surface area contributed by atoms with E-state index >= 15 is 0 Å². The van der Waals surface area contributed by atoms with Crippen LogP contribution >= 0.6 is 0 Å². The fourth-order valence-corrected chi connectivity index (χ4v) is 1.89. The van der Waals surface area contributed by atoms with Gasteiger partial charge >= 0.3 is 0 Å². The molecule has 1 atom stereocenters. The monoisotopic (exact) mass is 253 g/mol. The molecule has 1 aromatic rings. The molecule has 1 aromatic heterocycles. The SMILES string of the molecule is COCCn1ccc(C(=O)NCC2CCCO2)n1. The Balaban J connectivity index is 1.78. The van der Waals surface area contributed by atoms with E-state index in [4.69, 9.17) is 9.47 Å². The van der Waals surface area contributed by atoms with Crippen molar-refractivity contribution in [3.05, 3.63) is 18.0 Å². The third-order valence-corrected chi connectivity index (χ3v) is 2.91. The molecule has 2 heterocycles. The van der Waals surface area contributed by atoms with Gasteiger partial charge < -0.3 is 14.8 Å². The molecular weight excluding hydrogens is 234 g/mol. The van der Waals surface area contributed by atoms with Gasteiger partial charge in [0.05, 0.1) is 19.3 Å². The van der Waals surface area contributed by atoms with Gasteiger partial charge in [0.1, 0.15) is 5.69 Å². The van der Waals surface area contributed by atoms with E-state index in [1.807, 2.05) is 0 Å². The normalized spacial score (nSPS) is 19.1. The predicted octanol–water partition coefficient (Wildman–Crippen LogP) is 0.438. The van der Waals surface area contributed by atoms with Gasteiger partial charge in [0.2, 0.25) is 0 Å². The second-order valence-electron chi connectivity index (χ2n) is 4.30. The van der Waals surface area contributed by atoms with Gasteiger partial charge in [-0.1, -0.05) is 0 Å². The summed E-state index contributed by atoms with van der Waals surface area (Å²) >= 11 is 0.